The molecule has 0 aliphatic carbocycles. The number of rotatable bonds is 4. The molecule has 0 radical (unpaired) electrons. The number of sulfone groups is 1. The molecule has 0 bridgehead atoms. The van der Waals surface area contributed by atoms with Crippen LogP contribution in [0, 0.1) is 5.82 Å². The second-order valence-electron chi connectivity index (χ2n) is 6.20. The lowest BCUT2D eigenvalue weighted by atomic mass is 10.1. The predicted molar refractivity (Wildman–Crippen MR) is 109 cm³/mol. The van der Waals surface area contributed by atoms with Crippen LogP contribution in [-0.4, -0.2) is 24.3 Å². The number of thiazole rings is 1. The third-order valence-corrected chi connectivity index (χ3v) is 6.66. The lowest BCUT2D eigenvalue weighted by Crippen LogP contribution is -2.05. The molecule has 1 N–H and O–H groups in total. The third kappa shape index (κ3) is 3.87. The summed E-state index contributed by atoms with van der Waals surface area (Å²) < 4.78 is 39.9. The number of hydrogen-bond acceptors (Lipinski definition) is 6. The van der Waals surface area contributed by atoms with Crippen molar-refractivity contribution in [2.75, 3.05) is 5.32 Å². The molecule has 0 unspecified atom stereocenters. The highest BCUT2D eigenvalue weighted by molar-refractivity contribution is 7.91. The van der Waals surface area contributed by atoms with E-state index in [9.17, 15) is 17.6 Å². The summed E-state index contributed by atoms with van der Waals surface area (Å²) in [6.07, 6.45) is 0. The Morgan fingerprint density at radius 2 is 1.83 bits per heavy atom. The first-order valence-electron chi connectivity index (χ1n) is 8.49. The van der Waals surface area contributed by atoms with E-state index in [1.54, 1.807) is 24.3 Å². The standard InChI is InChI=1S/C20H14FN3O3S2/c1-12(25)22-20-24-17-9-8-13(10-18(17)28-20)16-6-3-7-19(23-16)29(26,27)15-5-2-4-14(21)11-15/h2-11H,1H3,(H,22,24,25). The number of pyridine rings is 1. The molecule has 4 aromatic rings. The highest BCUT2D eigenvalue weighted by Crippen LogP contribution is 2.30. The van der Waals surface area contributed by atoms with Crippen LogP contribution in [0.5, 0.6) is 0 Å². The average molecular weight is 427 g/mol. The van der Waals surface area contributed by atoms with E-state index in [2.05, 4.69) is 15.3 Å². The average Bonchev–Trinajstić information content (AvgIpc) is 3.08. The zero-order chi connectivity index (χ0) is 20.6. The summed E-state index contributed by atoms with van der Waals surface area (Å²) in [5, 5.41) is 2.97. The van der Waals surface area contributed by atoms with E-state index in [0.29, 0.717) is 21.9 Å². The fourth-order valence-corrected chi connectivity index (χ4v) is 4.96. The molecule has 0 fully saturated rings. The zero-order valence-electron chi connectivity index (χ0n) is 15.1. The number of benzene rings is 2. The first kappa shape index (κ1) is 19.2. The first-order chi connectivity index (χ1) is 13.8. The van der Waals surface area contributed by atoms with E-state index in [0.717, 1.165) is 10.8 Å². The summed E-state index contributed by atoms with van der Waals surface area (Å²) in [6, 6.07) is 14.9. The Balaban J connectivity index is 1.74. The summed E-state index contributed by atoms with van der Waals surface area (Å²) in [7, 11) is -3.95. The van der Waals surface area contributed by atoms with Crippen LogP contribution in [-0.2, 0) is 14.6 Å². The van der Waals surface area contributed by atoms with Crippen molar-refractivity contribution < 1.29 is 17.6 Å². The number of carbonyl (C=O) groups is 1. The summed E-state index contributed by atoms with van der Waals surface area (Å²) >= 11 is 1.31. The molecule has 2 aromatic heterocycles. The Bertz CT molecular complexity index is 1350. The van der Waals surface area contributed by atoms with Gasteiger partial charge in [0, 0.05) is 12.5 Å². The summed E-state index contributed by atoms with van der Waals surface area (Å²) in [5.41, 5.74) is 1.87. The number of hydrogen-bond donors (Lipinski definition) is 1. The second-order valence-corrected chi connectivity index (χ2v) is 9.13. The van der Waals surface area contributed by atoms with Gasteiger partial charge in [-0.25, -0.2) is 22.8 Å². The van der Waals surface area contributed by atoms with E-state index < -0.39 is 15.7 Å². The van der Waals surface area contributed by atoms with Crippen LogP contribution in [0.3, 0.4) is 0 Å². The van der Waals surface area contributed by atoms with E-state index in [1.807, 2.05) is 6.07 Å². The number of anilines is 1. The van der Waals surface area contributed by atoms with Crippen molar-refractivity contribution in [3.8, 4) is 11.3 Å². The second kappa shape index (κ2) is 7.34. The topological polar surface area (TPSA) is 89.0 Å². The van der Waals surface area contributed by atoms with Gasteiger partial charge >= 0.3 is 0 Å². The quantitative estimate of drug-likeness (QED) is 0.525. The van der Waals surface area contributed by atoms with Gasteiger partial charge in [0.05, 0.1) is 20.8 Å². The monoisotopic (exact) mass is 427 g/mol. The number of halogens is 1. The van der Waals surface area contributed by atoms with Crippen LogP contribution < -0.4 is 5.32 Å². The molecule has 0 spiro atoms. The minimum absolute atomic E-state index is 0.153. The SMILES string of the molecule is CC(=O)Nc1nc2ccc(-c3cccc(S(=O)(=O)c4cccc(F)c4)n3)cc2s1. The molecular weight excluding hydrogens is 413 g/mol. The molecule has 2 heterocycles. The van der Waals surface area contributed by atoms with Crippen molar-refractivity contribution in [2.45, 2.75) is 16.8 Å². The van der Waals surface area contributed by atoms with E-state index >= 15 is 0 Å². The molecule has 0 aliphatic heterocycles. The highest BCUT2D eigenvalue weighted by Gasteiger charge is 2.20. The maximum absolute atomic E-state index is 13.5. The van der Waals surface area contributed by atoms with Gasteiger partial charge in [0.25, 0.3) is 0 Å². The molecule has 0 atom stereocenters. The molecule has 146 valence electrons. The highest BCUT2D eigenvalue weighted by atomic mass is 32.2. The van der Waals surface area contributed by atoms with Crippen LogP contribution in [0.1, 0.15) is 6.92 Å². The third-order valence-electron chi connectivity index (χ3n) is 4.07. The lowest BCUT2D eigenvalue weighted by molar-refractivity contribution is -0.114. The van der Waals surface area contributed by atoms with Crippen molar-refractivity contribution in [1.82, 2.24) is 9.97 Å². The number of fused-ring (bicyclic) bond motifs is 1. The van der Waals surface area contributed by atoms with Crippen molar-refractivity contribution in [2.24, 2.45) is 0 Å². The molecule has 0 aliphatic rings. The van der Waals surface area contributed by atoms with Crippen molar-refractivity contribution in [3.63, 3.8) is 0 Å². The zero-order valence-corrected chi connectivity index (χ0v) is 16.7. The Hall–Kier alpha value is -3.17. The fraction of sp³-hybridized carbons (Fsp3) is 0.0500. The van der Waals surface area contributed by atoms with Gasteiger partial charge < -0.3 is 5.32 Å². The Morgan fingerprint density at radius 1 is 1.03 bits per heavy atom. The molecular formula is C20H14FN3O3S2. The smallest absolute Gasteiger partial charge is 0.223 e. The van der Waals surface area contributed by atoms with Crippen LogP contribution in [0.15, 0.2) is 70.6 Å². The number of nitrogens with one attached hydrogen (secondary N) is 1. The number of aromatic nitrogens is 2. The summed E-state index contributed by atoms with van der Waals surface area (Å²) in [4.78, 5) is 19.7. The molecule has 2 aromatic carbocycles. The number of carbonyl (C=O) groups excluding carboxylic acids is 1. The minimum atomic E-state index is -3.95. The molecule has 6 nitrogen and oxygen atoms in total. The molecule has 29 heavy (non-hydrogen) atoms. The van der Waals surface area contributed by atoms with Crippen LogP contribution in [0.25, 0.3) is 21.5 Å². The molecule has 4 rings (SSSR count). The Kier molecular flexibility index (Phi) is 4.85. The van der Waals surface area contributed by atoms with Gasteiger partial charge in [-0.3, -0.25) is 4.79 Å². The molecule has 0 saturated carbocycles. The maximum atomic E-state index is 13.5. The maximum Gasteiger partial charge on any atom is 0.223 e. The van der Waals surface area contributed by atoms with Crippen LogP contribution in [0.2, 0.25) is 0 Å². The van der Waals surface area contributed by atoms with Gasteiger partial charge in [0.15, 0.2) is 10.2 Å². The Morgan fingerprint density at radius 3 is 2.59 bits per heavy atom. The van der Waals surface area contributed by atoms with Crippen molar-refractivity contribution >= 4 is 42.4 Å². The minimum Gasteiger partial charge on any atom is -0.302 e. The van der Waals surface area contributed by atoms with E-state index in [1.165, 1.54) is 42.5 Å². The number of nitrogens with zero attached hydrogens (tertiary/aromatic N) is 2. The number of amides is 1. The molecule has 0 saturated heterocycles. The van der Waals surface area contributed by atoms with Gasteiger partial charge in [-0.05, 0) is 42.5 Å². The first-order valence-corrected chi connectivity index (χ1v) is 10.8. The predicted octanol–water partition coefficient (Wildman–Crippen LogP) is 4.29. The largest absolute Gasteiger partial charge is 0.302 e. The Labute approximate surface area is 170 Å². The van der Waals surface area contributed by atoms with Crippen molar-refractivity contribution in [1.29, 1.82) is 0 Å². The normalized spacial score (nSPS) is 11.5. The van der Waals surface area contributed by atoms with Crippen LogP contribution in [0.4, 0.5) is 9.52 Å². The summed E-state index contributed by atoms with van der Waals surface area (Å²) in [5.74, 6) is -0.839. The van der Waals surface area contributed by atoms with E-state index in [4.69, 9.17) is 0 Å². The van der Waals surface area contributed by atoms with Gasteiger partial charge in [0.1, 0.15) is 5.82 Å². The van der Waals surface area contributed by atoms with Crippen LogP contribution >= 0.6 is 11.3 Å². The van der Waals surface area contributed by atoms with Gasteiger partial charge in [-0.1, -0.05) is 29.5 Å². The lowest BCUT2D eigenvalue weighted by Gasteiger charge is -2.07. The van der Waals surface area contributed by atoms with Gasteiger partial charge in [-0.2, -0.15) is 0 Å². The van der Waals surface area contributed by atoms with Gasteiger partial charge in [-0.15, -0.1) is 0 Å². The summed E-state index contributed by atoms with van der Waals surface area (Å²) in [6.45, 7) is 1.41. The van der Waals surface area contributed by atoms with Crippen molar-refractivity contribution in [3.05, 3.63) is 66.5 Å². The molecule has 9 heteroatoms. The fourth-order valence-electron chi connectivity index (χ4n) is 2.77. The molecule has 1 amide bonds. The van der Waals surface area contributed by atoms with E-state index in [-0.39, 0.29) is 15.8 Å². The van der Waals surface area contributed by atoms with Gasteiger partial charge in [0.2, 0.25) is 15.7 Å².